The third-order valence-corrected chi connectivity index (χ3v) is 5.19. The van der Waals surface area contributed by atoms with Crippen molar-refractivity contribution in [2.45, 2.75) is 58.5 Å². The van der Waals surface area contributed by atoms with Gasteiger partial charge in [0.1, 0.15) is 0 Å². The van der Waals surface area contributed by atoms with Crippen molar-refractivity contribution in [2.24, 2.45) is 0 Å². The number of nitrogens with one attached hydrogen (secondary N) is 1. The monoisotopic (exact) mass is 306 g/mol. The third kappa shape index (κ3) is 2.94. The molecule has 1 aliphatic rings. The molecular weight excluding hydrogens is 280 g/mol. The zero-order chi connectivity index (χ0) is 14.7. The minimum atomic E-state index is 0.660. The molecule has 1 saturated heterocycles. The first-order valence-electron chi connectivity index (χ1n) is 8.27. The van der Waals surface area contributed by atoms with Gasteiger partial charge in [0, 0.05) is 30.7 Å². The molecule has 1 unspecified atom stereocenters. The molecule has 1 aliphatic heterocycles. The summed E-state index contributed by atoms with van der Waals surface area (Å²) in [5, 5.41) is 5.68. The second-order valence-electron chi connectivity index (χ2n) is 5.87. The van der Waals surface area contributed by atoms with Crippen LogP contribution in [-0.4, -0.2) is 28.5 Å². The fraction of sp³-hybridized carbons (Fsp3) is 0.688. The van der Waals surface area contributed by atoms with Gasteiger partial charge in [0.15, 0.2) is 10.8 Å². The lowest BCUT2D eigenvalue weighted by Gasteiger charge is -2.36. The first kappa shape index (κ1) is 14.9. The van der Waals surface area contributed by atoms with Crippen molar-refractivity contribution in [3.05, 3.63) is 17.3 Å². The second kappa shape index (κ2) is 6.79. The number of hydrogen-bond acceptors (Lipinski definition) is 4. The van der Waals surface area contributed by atoms with Crippen LogP contribution in [0.2, 0.25) is 0 Å². The van der Waals surface area contributed by atoms with Crippen molar-refractivity contribution in [3.63, 3.8) is 0 Å². The van der Waals surface area contributed by atoms with Gasteiger partial charge in [-0.1, -0.05) is 13.8 Å². The van der Waals surface area contributed by atoms with Crippen LogP contribution in [0.1, 0.15) is 51.6 Å². The number of aromatic nitrogens is 2. The maximum atomic E-state index is 4.94. The molecule has 0 spiro atoms. The Morgan fingerprint density at radius 2 is 2.29 bits per heavy atom. The molecule has 0 aromatic carbocycles. The summed E-state index contributed by atoms with van der Waals surface area (Å²) in [7, 11) is 0. The minimum Gasteiger partial charge on any atom is -0.352 e. The van der Waals surface area contributed by atoms with Gasteiger partial charge in [0.25, 0.3) is 0 Å². The zero-order valence-electron chi connectivity index (χ0n) is 13.1. The summed E-state index contributed by atoms with van der Waals surface area (Å²) in [6, 6.07) is 0.660. The Bertz CT molecular complexity index is 574. The van der Waals surface area contributed by atoms with E-state index in [1.807, 2.05) is 0 Å². The topological polar surface area (TPSA) is 32.6 Å². The Morgan fingerprint density at radius 3 is 3.10 bits per heavy atom. The van der Waals surface area contributed by atoms with Crippen molar-refractivity contribution in [2.75, 3.05) is 18.0 Å². The van der Waals surface area contributed by atoms with E-state index < -0.39 is 0 Å². The van der Waals surface area contributed by atoms with Gasteiger partial charge in [-0.15, -0.1) is 11.3 Å². The number of rotatable bonds is 6. The molecule has 2 aromatic heterocycles. The first-order chi connectivity index (χ1) is 10.3. The molecule has 116 valence electrons. The van der Waals surface area contributed by atoms with Gasteiger partial charge in [0.05, 0.1) is 5.69 Å². The summed E-state index contributed by atoms with van der Waals surface area (Å²) in [6.07, 6.45) is 8.51. The van der Waals surface area contributed by atoms with Crippen LogP contribution in [0.3, 0.4) is 0 Å². The molecule has 5 heteroatoms. The van der Waals surface area contributed by atoms with E-state index in [0.717, 1.165) is 24.6 Å². The second-order valence-corrected chi connectivity index (χ2v) is 6.74. The molecule has 3 heterocycles. The third-order valence-electron chi connectivity index (χ3n) is 4.43. The number of piperidine rings is 1. The number of thiazole rings is 1. The molecule has 1 atom stereocenters. The summed E-state index contributed by atoms with van der Waals surface area (Å²) in [4.78, 5) is 8.63. The molecule has 0 radical (unpaired) electrons. The fourth-order valence-corrected chi connectivity index (χ4v) is 4.03. The molecule has 0 bridgehead atoms. The molecule has 0 amide bonds. The Hall–Kier alpha value is -1.07. The van der Waals surface area contributed by atoms with Crippen molar-refractivity contribution in [1.82, 2.24) is 14.7 Å². The van der Waals surface area contributed by atoms with Crippen molar-refractivity contribution >= 4 is 22.1 Å². The maximum absolute atomic E-state index is 4.94. The maximum Gasteiger partial charge on any atom is 0.195 e. The normalized spacial score (nSPS) is 19.5. The molecular formula is C16H26N4S. The van der Waals surface area contributed by atoms with E-state index in [1.165, 1.54) is 43.6 Å². The Balaban J connectivity index is 1.92. The van der Waals surface area contributed by atoms with Gasteiger partial charge >= 0.3 is 0 Å². The molecule has 2 aromatic rings. The van der Waals surface area contributed by atoms with E-state index in [0.29, 0.717) is 6.04 Å². The smallest absolute Gasteiger partial charge is 0.195 e. The van der Waals surface area contributed by atoms with Crippen LogP contribution in [-0.2, 0) is 6.54 Å². The van der Waals surface area contributed by atoms with Crippen molar-refractivity contribution in [1.29, 1.82) is 0 Å². The largest absolute Gasteiger partial charge is 0.352 e. The van der Waals surface area contributed by atoms with Crippen LogP contribution in [0.15, 0.2) is 11.6 Å². The predicted octanol–water partition coefficient (Wildman–Crippen LogP) is 3.66. The van der Waals surface area contributed by atoms with E-state index in [9.17, 15) is 0 Å². The lowest BCUT2D eigenvalue weighted by atomic mass is 10.00. The number of fused-ring (bicyclic) bond motifs is 1. The van der Waals surface area contributed by atoms with Crippen molar-refractivity contribution < 1.29 is 0 Å². The SMILES string of the molecule is CCCNCc1c(N2CCCCC2CC)nc2sccn12. The minimum absolute atomic E-state index is 0.660. The molecule has 21 heavy (non-hydrogen) atoms. The Morgan fingerprint density at radius 1 is 1.38 bits per heavy atom. The van der Waals surface area contributed by atoms with Gasteiger partial charge in [-0.05, 0) is 38.6 Å². The highest BCUT2D eigenvalue weighted by Gasteiger charge is 2.26. The summed E-state index contributed by atoms with van der Waals surface area (Å²) in [5.74, 6) is 1.22. The molecule has 1 fully saturated rings. The van der Waals surface area contributed by atoms with E-state index in [2.05, 4.69) is 40.0 Å². The highest BCUT2D eigenvalue weighted by molar-refractivity contribution is 7.15. The molecule has 0 saturated carbocycles. The lowest BCUT2D eigenvalue weighted by Crippen LogP contribution is -2.40. The summed E-state index contributed by atoms with van der Waals surface area (Å²) >= 11 is 1.73. The van der Waals surface area contributed by atoms with Crippen LogP contribution < -0.4 is 10.2 Å². The van der Waals surface area contributed by atoms with Gasteiger partial charge < -0.3 is 10.2 Å². The Labute approximate surface area is 131 Å². The lowest BCUT2D eigenvalue weighted by molar-refractivity contribution is 0.445. The quantitative estimate of drug-likeness (QED) is 0.827. The van der Waals surface area contributed by atoms with Crippen LogP contribution in [0.5, 0.6) is 0 Å². The predicted molar refractivity (Wildman–Crippen MR) is 90.3 cm³/mol. The van der Waals surface area contributed by atoms with Crippen LogP contribution >= 0.6 is 11.3 Å². The average Bonchev–Trinajstić information content (AvgIpc) is 3.09. The van der Waals surface area contributed by atoms with Gasteiger partial charge in [-0.2, -0.15) is 0 Å². The van der Waals surface area contributed by atoms with E-state index >= 15 is 0 Å². The van der Waals surface area contributed by atoms with E-state index in [1.54, 1.807) is 11.3 Å². The number of imidazole rings is 1. The molecule has 0 aliphatic carbocycles. The standard InChI is InChI=1S/C16H26N4S/c1-3-8-17-12-14-15(18-16-20(14)10-11-21-16)19-9-6-5-7-13(19)4-2/h10-11,13,17H,3-9,12H2,1-2H3. The van der Waals surface area contributed by atoms with Gasteiger partial charge in [-0.3, -0.25) is 4.40 Å². The van der Waals surface area contributed by atoms with Crippen LogP contribution in [0.25, 0.3) is 4.96 Å². The highest BCUT2D eigenvalue weighted by Crippen LogP contribution is 2.30. The fourth-order valence-electron chi connectivity index (χ4n) is 3.30. The zero-order valence-corrected chi connectivity index (χ0v) is 14.0. The van der Waals surface area contributed by atoms with Gasteiger partial charge in [-0.25, -0.2) is 4.98 Å². The summed E-state index contributed by atoms with van der Waals surface area (Å²) in [5.41, 5.74) is 1.33. The highest BCUT2D eigenvalue weighted by atomic mass is 32.1. The number of anilines is 1. The first-order valence-corrected chi connectivity index (χ1v) is 9.14. The van der Waals surface area contributed by atoms with Crippen molar-refractivity contribution in [3.8, 4) is 0 Å². The number of nitrogens with zero attached hydrogens (tertiary/aromatic N) is 3. The van der Waals surface area contributed by atoms with Crippen LogP contribution in [0.4, 0.5) is 5.82 Å². The summed E-state index contributed by atoms with van der Waals surface area (Å²) < 4.78 is 2.27. The van der Waals surface area contributed by atoms with Gasteiger partial charge in [0.2, 0.25) is 0 Å². The molecule has 4 nitrogen and oxygen atoms in total. The molecule has 3 rings (SSSR count). The van der Waals surface area contributed by atoms with E-state index in [4.69, 9.17) is 4.98 Å². The number of hydrogen-bond donors (Lipinski definition) is 1. The van der Waals surface area contributed by atoms with Crippen LogP contribution in [0, 0.1) is 0 Å². The summed E-state index contributed by atoms with van der Waals surface area (Å²) in [6.45, 7) is 7.64. The molecule has 1 N–H and O–H groups in total. The van der Waals surface area contributed by atoms with E-state index in [-0.39, 0.29) is 0 Å². The average molecular weight is 306 g/mol. The Kier molecular flexibility index (Phi) is 4.80.